The predicted molar refractivity (Wildman–Crippen MR) is 83.0 cm³/mol. The number of nitrogens with one attached hydrogen (secondary N) is 1. The fourth-order valence-corrected chi connectivity index (χ4v) is 2.71. The molecule has 0 saturated carbocycles. The number of pyridine rings is 1. The van der Waals surface area contributed by atoms with Crippen molar-refractivity contribution in [2.24, 2.45) is 0 Å². The van der Waals surface area contributed by atoms with Crippen molar-refractivity contribution < 1.29 is 4.39 Å². The zero-order valence-electron chi connectivity index (χ0n) is 11.6. The van der Waals surface area contributed by atoms with Gasteiger partial charge in [-0.15, -0.1) is 0 Å². The van der Waals surface area contributed by atoms with Gasteiger partial charge in [-0.25, -0.2) is 9.37 Å². The van der Waals surface area contributed by atoms with Gasteiger partial charge in [0.15, 0.2) is 0 Å². The summed E-state index contributed by atoms with van der Waals surface area (Å²) in [6.07, 6.45) is 3.84. The summed E-state index contributed by atoms with van der Waals surface area (Å²) in [6.45, 7) is 1.34. The first-order valence-electron chi connectivity index (χ1n) is 6.70. The largest absolute Gasteiger partial charge is 0.328 e. The molecule has 0 amide bonds. The van der Waals surface area contributed by atoms with Gasteiger partial charge in [0.05, 0.1) is 6.54 Å². The van der Waals surface area contributed by atoms with Gasteiger partial charge in [0, 0.05) is 29.3 Å². The van der Waals surface area contributed by atoms with Gasteiger partial charge in [0.1, 0.15) is 11.5 Å². The van der Waals surface area contributed by atoms with Gasteiger partial charge in [0.2, 0.25) is 0 Å². The van der Waals surface area contributed by atoms with Crippen LogP contribution in [0.15, 0.2) is 42.7 Å². The maximum absolute atomic E-state index is 13.1. The Balaban J connectivity index is 2.04. The first-order valence-corrected chi connectivity index (χ1v) is 7.08. The molecule has 5 heteroatoms. The Labute approximate surface area is 127 Å². The Hall–Kier alpha value is -1.91. The molecule has 3 nitrogen and oxygen atoms in total. The zero-order valence-corrected chi connectivity index (χ0v) is 12.4. The molecular formula is C16H15ClFN3. The van der Waals surface area contributed by atoms with Crippen molar-refractivity contribution in [3.63, 3.8) is 0 Å². The smallest absolute Gasteiger partial charge is 0.140 e. The molecule has 0 atom stereocenters. The highest BCUT2D eigenvalue weighted by Crippen LogP contribution is 2.23. The van der Waals surface area contributed by atoms with Gasteiger partial charge in [-0.3, -0.25) is 0 Å². The molecule has 0 aliphatic heterocycles. The summed E-state index contributed by atoms with van der Waals surface area (Å²) in [5, 5.41) is 4.70. The van der Waals surface area contributed by atoms with Crippen molar-refractivity contribution in [2.45, 2.75) is 13.1 Å². The lowest BCUT2D eigenvalue weighted by Crippen LogP contribution is -2.04. The van der Waals surface area contributed by atoms with E-state index in [0.717, 1.165) is 23.1 Å². The summed E-state index contributed by atoms with van der Waals surface area (Å²) >= 11 is 6.11. The van der Waals surface area contributed by atoms with Gasteiger partial charge in [-0.1, -0.05) is 17.7 Å². The topological polar surface area (TPSA) is 29.9 Å². The van der Waals surface area contributed by atoms with Crippen LogP contribution in [-0.2, 0) is 13.1 Å². The van der Waals surface area contributed by atoms with E-state index in [2.05, 4.69) is 22.6 Å². The first kappa shape index (κ1) is 14.0. The minimum absolute atomic E-state index is 0.324. The number of aromatic nitrogens is 2. The molecule has 1 aromatic carbocycles. The van der Waals surface area contributed by atoms with Crippen molar-refractivity contribution in [3.8, 4) is 0 Å². The quantitative estimate of drug-likeness (QED) is 0.798. The van der Waals surface area contributed by atoms with Gasteiger partial charge in [-0.2, -0.15) is 0 Å². The van der Waals surface area contributed by atoms with E-state index >= 15 is 0 Å². The van der Waals surface area contributed by atoms with E-state index in [1.165, 1.54) is 17.7 Å². The fourth-order valence-electron chi connectivity index (χ4n) is 2.48. The highest BCUT2D eigenvalue weighted by atomic mass is 35.5. The number of fused-ring (bicyclic) bond motifs is 1. The summed E-state index contributed by atoms with van der Waals surface area (Å²) in [5.41, 5.74) is 2.96. The standard InChI is InChI=1S/C16H15ClFN3/c1-19-8-12-10-21(16-14(12)3-2-6-20-16)9-11-4-5-13(18)7-15(11)17/h2-7,10,19H,8-9H2,1H3. The van der Waals surface area contributed by atoms with E-state index in [4.69, 9.17) is 11.6 Å². The molecule has 0 spiro atoms. The summed E-state index contributed by atoms with van der Waals surface area (Å²) in [7, 11) is 1.91. The monoisotopic (exact) mass is 303 g/mol. The molecule has 21 heavy (non-hydrogen) atoms. The van der Waals surface area contributed by atoms with Crippen molar-refractivity contribution in [1.82, 2.24) is 14.9 Å². The number of hydrogen-bond acceptors (Lipinski definition) is 2. The van der Waals surface area contributed by atoms with Crippen LogP contribution in [-0.4, -0.2) is 16.6 Å². The van der Waals surface area contributed by atoms with Crippen LogP contribution in [0, 0.1) is 5.82 Å². The van der Waals surface area contributed by atoms with Crippen LogP contribution in [0.1, 0.15) is 11.1 Å². The molecule has 0 saturated heterocycles. The molecule has 3 rings (SSSR count). The molecule has 0 radical (unpaired) electrons. The molecule has 3 aromatic rings. The first-order chi connectivity index (χ1) is 10.2. The van der Waals surface area contributed by atoms with Crippen molar-refractivity contribution in [1.29, 1.82) is 0 Å². The van der Waals surface area contributed by atoms with Crippen molar-refractivity contribution >= 4 is 22.6 Å². The molecule has 0 fully saturated rings. The summed E-state index contributed by atoms with van der Waals surface area (Å²) in [5.74, 6) is -0.324. The second-order valence-electron chi connectivity index (χ2n) is 4.92. The van der Waals surface area contributed by atoms with Crippen LogP contribution >= 0.6 is 11.6 Å². The molecule has 0 unspecified atom stereocenters. The Kier molecular flexibility index (Phi) is 3.90. The Bertz CT molecular complexity index is 782. The maximum Gasteiger partial charge on any atom is 0.140 e. The second kappa shape index (κ2) is 5.84. The molecule has 108 valence electrons. The second-order valence-corrected chi connectivity index (χ2v) is 5.33. The van der Waals surface area contributed by atoms with Gasteiger partial charge in [0.25, 0.3) is 0 Å². The summed E-state index contributed by atoms with van der Waals surface area (Å²) in [6, 6.07) is 8.46. The Morgan fingerprint density at radius 2 is 2.14 bits per heavy atom. The van der Waals surface area contributed by atoms with Crippen LogP contribution in [0.25, 0.3) is 11.0 Å². The average molecular weight is 304 g/mol. The normalized spacial score (nSPS) is 11.2. The van der Waals surface area contributed by atoms with E-state index in [1.54, 1.807) is 12.3 Å². The van der Waals surface area contributed by atoms with E-state index in [0.29, 0.717) is 11.6 Å². The summed E-state index contributed by atoms with van der Waals surface area (Å²) < 4.78 is 15.2. The third-order valence-corrected chi connectivity index (χ3v) is 3.79. The molecule has 2 heterocycles. The van der Waals surface area contributed by atoms with E-state index in [-0.39, 0.29) is 5.82 Å². The van der Waals surface area contributed by atoms with Crippen molar-refractivity contribution in [3.05, 3.63) is 64.7 Å². The van der Waals surface area contributed by atoms with E-state index in [1.807, 2.05) is 17.7 Å². The van der Waals surface area contributed by atoms with Gasteiger partial charge < -0.3 is 9.88 Å². The summed E-state index contributed by atoms with van der Waals surface area (Å²) in [4.78, 5) is 4.45. The minimum Gasteiger partial charge on any atom is -0.328 e. The molecule has 0 aliphatic rings. The van der Waals surface area contributed by atoms with Crippen LogP contribution < -0.4 is 5.32 Å². The molecule has 1 N–H and O–H groups in total. The number of rotatable bonds is 4. The Morgan fingerprint density at radius 3 is 2.90 bits per heavy atom. The van der Waals surface area contributed by atoms with Gasteiger partial charge >= 0.3 is 0 Å². The molecule has 0 aliphatic carbocycles. The van der Waals surface area contributed by atoms with Gasteiger partial charge in [-0.05, 0) is 42.4 Å². The number of hydrogen-bond donors (Lipinski definition) is 1. The molecule has 2 aromatic heterocycles. The van der Waals surface area contributed by atoms with Crippen LogP contribution in [0.5, 0.6) is 0 Å². The number of nitrogens with zero attached hydrogens (tertiary/aromatic N) is 2. The number of halogens is 2. The number of benzene rings is 1. The lowest BCUT2D eigenvalue weighted by molar-refractivity contribution is 0.626. The third-order valence-electron chi connectivity index (χ3n) is 3.44. The van der Waals surface area contributed by atoms with Crippen LogP contribution in [0.3, 0.4) is 0 Å². The minimum atomic E-state index is -0.324. The van der Waals surface area contributed by atoms with E-state index in [9.17, 15) is 4.39 Å². The lowest BCUT2D eigenvalue weighted by Gasteiger charge is -2.07. The SMILES string of the molecule is CNCc1cn(Cc2ccc(F)cc2Cl)c2ncccc12. The maximum atomic E-state index is 13.1. The van der Waals surface area contributed by atoms with Crippen molar-refractivity contribution in [2.75, 3.05) is 7.05 Å². The predicted octanol–water partition coefficient (Wildman–Crippen LogP) is 3.60. The zero-order chi connectivity index (χ0) is 14.8. The average Bonchev–Trinajstić information content (AvgIpc) is 2.81. The Morgan fingerprint density at radius 1 is 1.29 bits per heavy atom. The third kappa shape index (κ3) is 2.77. The van der Waals surface area contributed by atoms with Crippen LogP contribution in [0.2, 0.25) is 5.02 Å². The molecular weight excluding hydrogens is 289 g/mol. The molecule has 0 bridgehead atoms. The lowest BCUT2D eigenvalue weighted by atomic mass is 10.2. The van der Waals surface area contributed by atoms with E-state index < -0.39 is 0 Å². The van der Waals surface area contributed by atoms with Crippen LogP contribution in [0.4, 0.5) is 4.39 Å². The highest BCUT2D eigenvalue weighted by Gasteiger charge is 2.10. The fraction of sp³-hybridized carbons (Fsp3) is 0.188. The highest BCUT2D eigenvalue weighted by molar-refractivity contribution is 6.31.